The highest BCUT2D eigenvalue weighted by Crippen LogP contribution is 2.27. The largest absolute Gasteiger partial charge is 0.376 e. The lowest BCUT2D eigenvalue weighted by molar-refractivity contribution is -0.00454. The molecule has 0 bridgehead atoms. The molecule has 0 saturated heterocycles. The second kappa shape index (κ2) is 6.41. The van der Waals surface area contributed by atoms with E-state index in [1.807, 2.05) is 6.07 Å². The van der Waals surface area contributed by atoms with E-state index in [1.54, 1.807) is 0 Å². The van der Waals surface area contributed by atoms with Gasteiger partial charge in [-0.15, -0.1) is 0 Å². The second-order valence-corrected chi connectivity index (χ2v) is 6.09. The molecule has 0 radical (unpaired) electrons. The van der Waals surface area contributed by atoms with Crippen molar-refractivity contribution < 1.29 is 4.74 Å². The van der Waals surface area contributed by atoms with Gasteiger partial charge in [0.1, 0.15) is 0 Å². The van der Waals surface area contributed by atoms with E-state index >= 15 is 0 Å². The van der Waals surface area contributed by atoms with Crippen molar-refractivity contribution in [2.24, 2.45) is 0 Å². The average Bonchev–Trinajstić information content (AvgIpc) is 2.24. The van der Waals surface area contributed by atoms with Gasteiger partial charge in [0.2, 0.25) is 0 Å². The third kappa shape index (κ3) is 5.66. The van der Waals surface area contributed by atoms with Crippen LogP contribution in [0, 0.1) is 0 Å². The van der Waals surface area contributed by atoms with Gasteiger partial charge in [-0.25, -0.2) is 0 Å². The van der Waals surface area contributed by atoms with Crippen LogP contribution < -0.4 is 0 Å². The van der Waals surface area contributed by atoms with Gasteiger partial charge in [-0.2, -0.15) is 0 Å². The lowest BCUT2D eigenvalue weighted by Crippen LogP contribution is -2.19. The number of hydrogen-bond acceptors (Lipinski definition) is 1. The van der Waals surface area contributed by atoms with Gasteiger partial charge in [-0.1, -0.05) is 46.3 Å². The van der Waals surface area contributed by atoms with E-state index in [2.05, 4.69) is 61.0 Å². The van der Waals surface area contributed by atoms with Crippen molar-refractivity contribution in [3.05, 3.63) is 35.9 Å². The number of hydrogen-bond donors (Lipinski definition) is 0. The maximum Gasteiger partial charge on any atom is 0.0598 e. The van der Waals surface area contributed by atoms with Crippen LogP contribution in [0.1, 0.15) is 44.0 Å². The third-order valence-corrected chi connectivity index (χ3v) is 3.28. The monoisotopic (exact) mass is 284 g/mol. The first kappa shape index (κ1) is 13.7. The zero-order valence-corrected chi connectivity index (χ0v) is 12.0. The molecule has 2 heteroatoms. The minimum absolute atomic E-state index is 0.0193. The summed E-state index contributed by atoms with van der Waals surface area (Å²) in [7, 11) is 0. The van der Waals surface area contributed by atoms with E-state index in [4.69, 9.17) is 4.74 Å². The van der Waals surface area contributed by atoms with Crippen molar-refractivity contribution in [3.8, 4) is 0 Å². The Hall–Kier alpha value is -0.340. The number of alkyl halides is 1. The van der Waals surface area contributed by atoms with Crippen LogP contribution in [0.2, 0.25) is 0 Å². The van der Waals surface area contributed by atoms with Crippen molar-refractivity contribution in [3.63, 3.8) is 0 Å². The summed E-state index contributed by atoms with van der Waals surface area (Å²) in [4.78, 5) is 0.442. The van der Waals surface area contributed by atoms with Crippen molar-refractivity contribution >= 4 is 15.9 Å². The highest BCUT2D eigenvalue weighted by atomic mass is 79.9. The molecule has 1 nitrogen and oxygen atoms in total. The van der Waals surface area contributed by atoms with Crippen molar-refractivity contribution in [2.75, 3.05) is 6.61 Å². The SMILES string of the molecule is CC(C)(C)OCCCC(Br)c1ccccc1. The molecule has 1 aromatic rings. The Bertz CT molecular complexity index is 289. The van der Waals surface area contributed by atoms with E-state index in [0.717, 1.165) is 19.4 Å². The fraction of sp³-hybridized carbons (Fsp3) is 0.571. The molecule has 90 valence electrons. The summed E-state index contributed by atoms with van der Waals surface area (Å²) >= 11 is 3.71. The zero-order chi connectivity index (χ0) is 12.0. The fourth-order valence-electron chi connectivity index (χ4n) is 1.47. The van der Waals surface area contributed by atoms with Crippen LogP contribution in [0.15, 0.2) is 30.3 Å². The van der Waals surface area contributed by atoms with Gasteiger partial charge in [0.25, 0.3) is 0 Å². The quantitative estimate of drug-likeness (QED) is 0.562. The van der Waals surface area contributed by atoms with Gasteiger partial charge in [-0.05, 0) is 39.2 Å². The summed E-state index contributed by atoms with van der Waals surface area (Å²) in [6.45, 7) is 7.11. The summed E-state index contributed by atoms with van der Waals surface area (Å²) in [5, 5.41) is 0. The summed E-state index contributed by atoms with van der Waals surface area (Å²) in [5.74, 6) is 0. The van der Waals surface area contributed by atoms with Gasteiger partial charge >= 0.3 is 0 Å². The fourth-order valence-corrected chi connectivity index (χ4v) is 2.10. The predicted molar refractivity (Wildman–Crippen MR) is 73.0 cm³/mol. The van der Waals surface area contributed by atoms with E-state index in [9.17, 15) is 0 Å². The van der Waals surface area contributed by atoms with Crippen molar-refractivity contribution in [2.45, 2.75) is 44.0 Å². The molecule has 0 aromatic heterocycles. The minimum atomic E-state index is -0.0193. The molecule has 1 unspecified atom stereocenters. The number of rotatable bonds is 5. The molecule has 16 heavy (non-hydrogen) atoms. The summed E-state index contributed by atoms with van der Waals surface area (Å²) < 4.78 is 5.69. The number of ether oxygens (including phenoxy) is 1. The van der Waals surface area contributed by atoms with E-state index in [-0.39, 0.29) is 5.60 Å². The van der Waals surface area contributed by atoms with Crippen LogP contribution in [0.25, 0.3) is 0 Å². The van der Waals surface area contributed by atoms with Crippen LogP contribution >= 0.6 is 15.9 Å². The molecular formula is C14H21BrO. The molecule has 0 aliphatic rings. The predicted octanol–water partition coefficient (Wildman–Crippen LogP) is 4.72. The Balaban J connectivity index is 2.24. The second-order valence-electron chi connectivity index (χ2n) is 4.98. The minimum Gasteiger partial charge on any atom is -0.376 e. The highest BCUT2D eigenvalue weighted by Gasteiger charge is 2.11. The van der Waals surface area contributed by atoms with E-state index < -0.39 is 0 Å². The normalized spacial score (nSPS) is 13.8. The van der Waals surface area contributed by atoms with Gasteiger partial charge in [0.15, 0.2) is 0 Å². The van der Waals surface area contributed by atoms with Crippen LogP contribution in [-0.4, -0.2) is 12.2 Å². The molecular weight excluding hydrogens is 264 g/mol. The molecule has 0 N–H and O–H groups in total. The molecule has 0 amide bonds. The van der Waals surface area contributed by atoms with Crippen LogP contribution in [0.3, 0.4) is 0 Å². The van der Waals surface area contributed by atoms with Crippen LogP contribution in [0.5, 0.6) is 0 Å². The third-order valence-electron chi connectivity index (χ3n) is 2.30. The number of halogens is 1. The molecule has 1 aromatic carbocycles. The average molecular weight is 285 g/mol. The molecule has 0 aliphatic carbocycles. The van der Waals surface area contributed by atoms with Gasteiger partial charge < -0.3 is 4.74 Å². The first-order chi connectivity index (χ1) is 7.49. The van der Waals surface area contributed by atoms with Crippen molar-refractivity contribution in [1.82, 2.24) is 0 Å². The lowest BCUT2D eigenvalue weighted by Gasteiger charge is -2.20. The van der Waals surface area contributed by atoms with Crippen molar-refractivity contribution in [1.29, 1.82) is 0 Å². The number of benzene rings is 1. The summed E-state index contributed by atoms with van der Waals surface area (Å²) in [5.41, 5.74) is 1.33. The highest BCUT2D eigenvalue weighted by molar-refractivity contribution is 9.09. The van der Waals surface area contributed by atoms with E-state index in [0.29, 0.717) is 4.83 Å². The molecule has 0 aliphatic heterocycles. The van der Waals surface area contributed by atoms with Gasteiger partial charge in [0, 0.05) is 11.4 Å². The Morgan fingerprint density at radius 2 is 1.81 bits per heavy atom. The maximum atomic E-state index is 5.69. The lowest BCUT2D eigenvalue weighted by atomic mass is 10.1. The standard InChI is InChI=1S/C14H21BrO/c1-14(2,3)16-11-7-10-13(15)12-8-5-4-6-9-12/h4-6,8-9,13H,7,10-11H2,1-3H3. The zero-order valence-electron chi connectivity index (χ0n) is 10.4. The summed E-state index contributed by atoms with van der Waals surface area (Å²) in [6, 6.07) is 10.5. The Labute approximate surface area is 107 Å². The Kier molecular flexibility index (Phi) is 5.50. The molecule has 1 atom stereocenters. The van der Waals surface area contributed by atoms with Gasteiger partial charge in [0.05, 0.1) is 5.60 Å². The molecule has 0 saturated carbocycles. The van der Waals surface area contributed by atoms with Crippen LogP contribution in [0.4, 0.5) is 0 Å². The topological polar surface area (TPSA) is 9.23 Å². The smallest absolute Gasteiger partial charge is 0.0598 e. The summed E-state index contributed by atoms with van der Waals surface area (Å²) in [6.07, 6.45) is 2.20. The first-order valence-electron chi connectivity index (χ1n) is 5.82. The molecule has 0 spiro atoms. The maximum absolute atomic E-state index is 5.69. The Morgan fingerprint density at radius 3 is 2.38 bits per heavy atom. The van der Waals surface area contributed by atoms with Crippen LogP contribution in [-0.2, 0) is 4.74 Å². The first-order valence-corrected chi connectivity index (χ1v) is 6.73. The molecule has 0 heterocycles. The molecule has 1 rings (SSSR count). The Morgan fingerprint density at radius 1 is 1.19 bits per heavy atom. The van der Waals surface area contributed by atoms with Gasteiger partial charge in [-0.3, -0.25) is 0 Å². The van der Waals surface area contributed by atoms with E-state index in [1.165, 1.54) is 5.56 Å². The molecule has 0 fully saturated rings.